The molecule has 198 valence electrons. The van der Waals surface area contributed by atoms with Crippen LogP contribution in [-0.4, -0.2) is 63.8 Å². The molecule has 2 heterocycles. The second-order valence-electron chi connectivity index (χ2n) is 9.32. The number of ether oxygens (including phenoxy) is 1. The molecule has 0 saturated heterocycles. The number of nitrogens with one attached hydrogen (secondary N) is 1. The number of halogens is 3. The molecule has 1 fully saturated rings. The highest BCUT2D eigenvalue weighted by Gasteiger charge is 2.45. The van der Waals surface area contributed by atoms with Crippen molar-refractivity contribution in [2.24, 2.45) is 10.7 Å². The molecule has 0 bridgehead atoms. The number of anilines is 1. The van der Waals surface area contributed by atoms with E-state index in [4.69, 9.17) is 10.5 Å². The van der Waals surface area contributed by atoms with Crippen molar-refractivity contribution in [3.05, 3.63) is 58.2 Å². The van der Waals surface area contributed by atoms with Crippen molar-refractivity contribution in [1.82, 2.24) is 14.9 Å². The van der Waals surface area contributed by atoms with Crippen LogP contribution in [0.2, 0.25) is 0 Å². The van der Waals surface area contributed by atoms with Crippen LogP contribution in [0.3, 0.4) is 0 Å². The third kappa shape index (κ3) is 6.08. The second kappa shape index (κ2) is 10.9. The molecule has 1 aliphatic carbocycles. The zero-order valence-corrected chi connectivity index (χ0v) is 20.5. The topological polar surface area (TPSA) is 126 Å². The Balaban J connectivity index is 1.54. The van der Waals surface area contributed by atoms with Gasteiger partial charge >= 0.3 is 0 Å². The standard InChI is InChI=1S/C25H29F3N6O3/c1-14-9-31-24(32-19-7-25(27,28)8-19)33-22(14)30-10-16-6-20(13-37-2)34(23(36)21(16)29)11-17-5-18(26)4-3-15(17)12-35/h3-5,9-10,19-20,35H,6-8,11-13,29H2,1-2H3,(H,31,32,33)/t20-/m1/s1. The van der Waals surface area contributed by atoms with Gasteiger partial charge in [0.15, 0.2) is 5.82 Å². The molecule has 37 heavy (non-hydrogen) atoms. The van der Waals surface area contributed by atoms with E-state index in [2.05, 4.69) is 20.3 Å². The number of carbonyl (C=O) groups is 1. The number of methoxy groups -OCH3 is 1. The lowest BCUT2D eigenvalue weighted by Crippen LogP contribution is -2.48. The summed E-state index contributed by atoms with van der Waals surface area (Å²) in [6.45, 7) is 1.71. The average molecular weight is 519 g/mol. The summed E-state index contributed by atoms with van der Waals surface area (Å²) in [6.07, 6.45) is 2.77. The quantitative estimate of drug-likeness (QED) is 0.436. The van der Waals surface area contributed by atoms with Crippen molar-refractivity contribution in [2.45, 2.75) is 57.3 Å². The van der Waals surface area contributed by atoms with Crippen LogP contribution in [0.1, 0.15) is 36.0 Å². The minimum absolute atomic E-state index is 0.0141. The van der Waals surface area contributed by atoms with Gasteiger partial charge in [-0.3, -0.25) is 4.79 Å². The predicted octanol–water partition coefficient (Wildman–Crippen LogP) is 2.99. The Bertz CT molecular complexity index is 1230. The monoisotopic (exact) mass is 518 g/mol. The number of alkyl halides is 2. The second-order valence-corrected chi connectivity index (χ2v) is 9.32. The number of aliphatic hydroxyl groups is 1. The summed E-state index contributed by atoms with van der Waals surface area (Å²) in [4.78, 5) is 27.6. The van der Waals surface area contributed by atoms with Crippen molar-refractivity contribution in [3.63, 3.8) is 0 Å². The number of rotatable bonds is 9. The molecule has 0 spiro atoms. The molecular formula is C25H29F3N6O3. The third-order valence-corrected chi connectivity index (χ3v) is 6.48. The zero-order chi connectivity index (χ0) is 26.7. The summed E-state index contributed by atoms with van der Waals surface area (Å²) in [7, 11) is 1.51. The van der Waals surface area contributed by atoms with E-state index < -0.39 is 29.7 Å². The summed E-state index contributed by atoms with van der Waals surface area (Å²) in [6, 6.07) is 3.19. The Kier molecular flexibility index (Phi) is 7.79. The summed E-state index contributed by atoms with van der Waals surface area (Å²) in [5.74, 6) is -3.10. The van der Waals surface area contributed by atoms with Crippen LogP contribution in [-0.2, 0) is 22.7 Å². The maximum absolute atomic E-state index is 13.9. The van der Waals surface area contributed by atoms with E-state index >= 15 is 0 Å². The van der Waals surface area contributed by atoms with Gasteiger partial charge in [-0.05, 0) is 36.6 Å². The van der Waals surface area contributed by atoms with Crippen LogP contribution in [0, 0.1) is 12.7 Å². The fraction of sp³-hybridized carbons (Fsp3) is 0.440. The Hall–Kier alpha value is -3.51. The number of amides is 1. The number of aliphatic hydroxyl groups excluding tert-OH is 1. The number of hydrogen-bond acceptors (Lipinski definition) is 8. The SMILES string of the molecule is COC[C@H]1CC(C=Nc2nc(NC3CC(F)(F)C3)ncc2C)=C(N)C(=O)N1Cc1cc(F)ccc1CO. The molecule has 0 radical (unpaired) electrons. The zero-order valence-electron chi connectivity index (χ0n) is 20.5. The van der Waals surface area contributed by atoms with E-state index in [-0.39, 0.29) is 44.2 Å². The van der Waals surface area contributed by atoms with Crippen LogP contribution >= 0.6 is 0 Å². The van der Waals surface area contributed by atoms with E-state index in [0.717, 1.165) is 0 Å². The summed E-state index contributed by atoms with van der Waals surface area (Å²) in [5.41, 5.74) is 8.30. The number of nitrogens with zero attached hydrogens (tertiary/aromatic N) is 4. The van der Waals surface area contributed by atoms with Crippen molar-refractivity contribution >= 4 is 23.9 Å². The predicted molar refractivity (Wildman–Crippen MR) is 131 cm³/mol. The van der Waals surface area contributed by atoms with Crippen molar-refractivity contribution < 1.29 is 27.8 Å². The molecule has 12 heteroatoms. The molecular weight excluding hydrogens is 489 g/mol. The minimum atomic E-state index is -2.66. The molecule has 2 aromatic rings. The van der Waals surface area contributed by atoms with Crippen LogP contribution in [0.15, 0.2) is 40.7 Å². The molecule has 4 N–H and O–H groups in total. The number of hydrogen-bond donors (Lipinski definition) is 3. The summed E-state index contributed by atoms with van der Waals surface area (Å²) in [5, 5.41) is 12.5. The van der Waals surface area contributed by atoms with E-state index in [0.29, 0.717) is 34.5 Å². The first-order valence-corrected chi connectivity index (χ1v) is 11.8. The first kappa shape index (κ1) is 26.6. The number of nitrogens with two attached hydrogens (primary N) is 1. The number of carbonyl (C=O) groups excluding carboxylic acids is 1. The van der Waals surface area contributed by atoms with Crippen LogP contribution in [0.4, 0.5) is 24.9 Å². The van der Waals surface area contributed by atoms with Gasteiger partial charge in [0.25, 0.3) is 11.8 Å². The smallest absolute Gasteiger partial charge is 0.270 e. The molecule has 1 aliphatic heterocycles. The molecule has 1 aromatic heterocycles. The molecule has 1 atom stereocenters. The number of aromatic nitrogens is 2. The van der Waals surface area contributed by atoms with Gasteiger partial charge in [0.2, 0.25) is 5.95 Å². The number of benzene rings is 1. The van der Waals surface area contributed by atoms with E-state index in [1.807, 2.05) is 0 Å². The highest BCUT2D eigenvalue weighted by atomic mass is 19.3. The number of aryl methyl sites for hydroxylation is 1. The molecule has 4 rings (SSSR count). The Labute approximate surface area is 212 Å². The third-order valence-electron chi connectivity index (χ3n) is 6.48. The van der Waals surface area contributed by atoms with Crippen LogP contribution in [0.5, 0.6) is 0 Å². The number of aliphatic imine (C=N–C) groups is 1. The van der Waals surface area contributed by atoms with Gasteiger partial charge in [0, 0.05) is 56.1 Å². The van der Waals surface area contributed by atoms with E-state index in [9.17, 15) is 23.1 Å². The van der Waals surface area contributed by atoms with Gasteiger partial charge < -0.3 is 25.8 Å². The first-order chi connectivity index (χ1) is 17.6. The fourth-order valence-corrected chi connectivity index (χ4v) is 4.39. The van der Waals surface area contributed by atoms with Crippen LogP contribution < -0.4 is 11.1 Å². The lowest BCUT2D eigenvalue weighted by molar-refractivity contribution is -0.132. The summed E-state index contributed by atoms with van der Waals surface area (Å²) >= 11 is 0. The fourth-order valence-electron chi connectivity index (χ4n) is 4.39. The Morgan fingerprint density at radius 3 is 2.78 bits per heavy atom. The summed E-state index contributed by atoms with van der Waals surface area (Å²) < 4.78 is 45.4. The molecule has 0 unspecified atom stereocenters. The largest absolute Gasteiger partial charge is 0.394 e. The molecule has 1 aromatic carbocycles. The lowest BCUT2D eigenvalue weighted by Gasteiger charge is -2.36. The van der Waals surface area contributed by atoms with E-state index in [1.165, 1.54) is 42.6 Å². The molecule has 1 saturated carbocycles. The van der Waals surface area contributed by atoms with Crippen molar-refractivity contribution in [3.8, 4) is 0 Å². The van der Waals surface area contributed by atoms with Gasteiger partial charge in [-0.2, -0.15) is 4.98 Å². The maximum atomic E-state index is 13.9. The lowest BCUT2D eigenvalue weighted by atomic mass is 9.88. The van der Waals surface area contributed by atoms with E-state index in [1.54, 1.807) is 6.92 Å². The Morgan fingerprint density at radius 2 is 2.11 bits per heavy atom. The van der Waals surface area contributed by atoms with Gasteiger partial charge in [-0.25, -0.2) is 23.1 Å². The van der Waals surface area contributed by atoms with Crippen LogP contribution in [0.25, 0.3) is 0 Å². The highest BCUT2D eigenvalue weighted by molar-refractivity contribution is 6.01. The van der Waals surface area contributed by atoms with Gasteiger partial charge in [-0.15, -0.1) is 0 Å². The van der Waals surface area contributed by atoms with Gasteiger partial charge in [0.1, 0.15) is 11.5 Å². The van der Waals surface area contributed by atoms with Gasteiger partial charge in [0.05, 0.1) is 19.3 Å². The first-order valence-electron chi connectivity index (χ1n) is 11.8. The van der Waals surface area contributed by atoms with Gasteiger partial charge in [-0.1, -0.05) is 6.07 Å². The van der Waals surface area contributed by atoms with Crippen molar-refractivity contribution in [2.75, 3.05) is 19.0 Å². The Morgan fingerprint density at radius 1 is 1.35 bits per heavy atom. The highest BCUT2D eigenvalue weighted by Crippen LogP contribution is 2.38. The maximum Gasteiger partial charge on any atom is 0.270 e. The molecule has 1 amide bonds. The average Bonchev–Trinajstić information content (AvgIpc) is 2.83. The minimum Gasteiger partial charge on any atom is -0.394 e. The van der Waals surface area contributed by atoms with Crippen molar-refractivity contribution in [1.29, 1.82) is 0 Å². The normalized spacial score (nSPS) is 20.0. The molecule has 9 nitrogen and oxygen atoms in total. The molecule has 2 aliphatic rings.